The monoisotopic (exact) mass is 279 g/mol. The maximum Gasteiger partial charge on any atom is 0.239 e. The zero-order valence-corrected chi connectivity index (χ0v) is 12.4. The van der Waals surface area contributed by atoms with Gasteiger partial charge in [-0.3, -0.25) is 9.59 Å². The molecule has 0 fully saturated rings. The van der Waals surface area contributed by atoms with E-state index in [1.54, 1.807) is 0 Å². The van der Waals surface area contributed by atoms with Crippen LogP contribution in [0.2, 0.25) is 0 Å². The highest BCUT2D eigenvalue weighted by atomic mass is 35.5. The smallest absolute Gasteiger partial charge is 0.239 e. The zero-order chi connectivity index (χ0) is 13.3. The predicted octanol–water partition coefficient (Wildman–Crippen LogP) is 0.958. The molecule has 18 heavy (non-hydrogen) atoms. The molecule has 0 saturated heterocycles. The van der Waals surface area contributed by atoms with Gasteiger partial charge in [-0.25, -0.2) is 0 Å². The van der Waals surface area contributed by atoms with Crippen LogP contribution in [0.3, 0.4) is 0 Å². The lowest BCUT2D eigenvalue weighted by atomic mass is 9.94. The summed E-state index contributed by atoms with van der Waals surface area (Å²) in [6.07, 6.45) is 2.86. The standard InChI is InChI=1S/C12H25N3O2.ClH/c1-4-7-10(16)14-8-11(17)15-9-12(13,5-2)6-3;/h4-9,13H2,1-3H3,(H,14,16)(H,15,17);1H. The van der Waals surface area contributed by atoms with Crippen molar-refractivity contribution in [3.05, 3.63) is 0 Å². The Morgan fingerprint density at radius 1 is 1.06 bits per heavy atom. The topological polar surface area (TPSA) is 84.2 Å². The third-order valence-electron chi connectivity index (χ3n) is 2.97. The summed E-state index contributed by atoms with van der Waals surface area (Å²) in [6.45, 7) is 6.40. The number of nitrogens with two attached hydrogens (primary N) is 1. The molecule has 0 bridgehead atoms. The van der Waals surface area contributed by atoms with Crippen LogP contribution in [0, 0.1) is 0 Å². The van der Waals surface area contributed by atoms with E-state index in [1.165, 1.54) is 0 Å². The van der Waals surface area contributed by atoms with Crippen molar-refractivity contribution in [3.63, 3.8) is 0 Å². The highest BCUT2D eigenvalue weighted by Crippen LogP contribution is 2.08. The van der Waals surface area contributed by atoms with Crippen LogP contribution < -0.4 is 16.4 Å². The molecule has 0 aliphatic heterocycles. The first-order valence-electron chi connectivity index (χ1n) is 6.29. The maximum atomic E-state index is 11.4. The number of rotatable bonds is 8. The van der Waals surface area contributed by atoms with E-state index in [0.29, 0.717) is 13.0 Å². The lowest BCUT2D eigenvalue weighted by molar-refractivity contribution is -0.126. The summed E-state index contributed by atoms with van der Waals surface area (Å²) in [7, 11) is 0. The molecule has 0 unspecified atom stereocenters. The molecule has 5 nitrogen and oxygen atoms in total. The van der Waals surface area contributed by atoms with Gasteiger partial charge in [-0.2, -0.15) is 0 Å². The molecule has 0 radical (unpaired) electrons. The normalized spacial score (nSPS) is 10.4. The van der Waals surface area contributed by atoms with Crippen molar-refractivity contribution in [1.82, 2.24) is 10.6 Å². The fourth-order valence-electron chi connectivity index (χ4n) is 1.33. The number of carbonyl (C=O) groups is 2. The van der Waals surface area contributed by atoms with Crippen molar-refractivity contribution in [2.75, 3.05) is 13.1 Å². The van der Waals surface area contributed by atoms with Gasteiger partial charge in [0.15, 0.2) is 0 Å². The Balaban J connectivity index is 0. The SMILES string of the molecule is CCCC(=O)NCC(=O)NCC(N)(CC)CC.Cl. The molecule has 0 aromatic rings. The molecule has 0 heterocycles. The molecular formula is C12H26ClN3O2. The van der Waals surface area contributed by atoms with Crippen molar-refractivity contribution in [1.29, 1.82) is 0 Å². The average Bonchev–Trinajstić information content (AvgIpc) is 2.34. The minimum absolute atomic E-state index is 0. The Morgan fingerprint density at radius 3 is 2.06 bits per heavy atom. The summed E-state index contributed by atoms with van der Waals surface area (Å²) in [6, 6.07) is 0. The van der Waals surface area contributed by atoms with Crippen LogP contribution in [0.1, 0.15) is 46.5 Å². The van der Waals surface area contributed by atoms with Crippen molar-refractivity contribution in [2.24, 2.45) is 5.73 Å². The molecule has 0 aliphatic rings. The minimum Gasteiger partial charge on any atom is -0.353 e. The number of carbonyl (C=O) groups excluding carboxylic acids is 2. The van der Waals surface area contributed by atoms with Gasteiger partial charge in [0.25, 0.3) is 0 Å². The number of nitrogens with one attached hydrogen (secondary N) is 2. The van der Waals surface area contributed by atoms with Crippen LogP contribution in [0.4, 0.5) is 0 Å². The Hall–Kier alpha value is -0.810. The van der Waals surface area contributed by atoms with Crippen LogP contribution in [0.25, 0.3) is 0 Å². The average molecular weight is 280 g/mol. The quantitative estimate of drug-likeness (QED) is 0.619. The molecular weight excluding hydrogens is 254 g/mol. The predicted molar refractivity (Wildman–Crippen MR) is 75.7 cm³/mol. The van der Waals surface area contributed by atoms with Gasteiger partial charge in [-0.05, 0) is 19.3 Å². The summed E-state index contributed by atoms with van der Waals surface area (Å²) in [5, 5.41) is 5.31. The van der Waals surface area contributed by atoms with E-state index in [0.717, 1.165) is 19.3 Å². The Bertz CT molecular complexity index is 256. The Kier molecular flexibility index (Phi) is 11.0. The van der Waals surface area contributed by atoms with Crippen molar-refractivity contribution >= 4 is 24.2 Å². The number of amides is 2. The second-order valence-corrected chi connectivity index (χ2v) is 4.37. The van der Waals surface area contributed by atoms with Crippen molar-refractivity contribution < 1.29 is 9.59 Å². The first kappa shape index (κ1) is 19.5. The molecule has 0 rings (SSSR count). The molecule has 0 aromatic carbocycles. The highest BCUT2D eigenvalue weighted by Gasteiger charge is 2.20. The summed E-state index contributed by atoms with van der Waals surface area (Å²) < 4.78 is 0. The van der Waals surface area contributed by atoms with Gasteiger partial charge in [0.05, 0.1) is 6.54 Å². The summed E-state index contributed by atoms with van der Waals surface area (Å²) in [5.41, 5.74) is 5.70. The molecule has 4 N–H and O–H groups in total. The maximum absolute atomic E-state index is 11.4. The second-order valence-electron chi connectivity index (χ2n) is 4.37. The first-order chi connectivity index (χ1) is 7.97. The largest absolute Gasteiger partial charge is 0.353 e. The van der Waals surface area contributed by atoms with Gasteiger partial charge in [-0.1, -0.05) is 20.8 Å². The zero-order valence-electron chi connectivity index (χ0n) is 11.5. The van der Waals surface area contributed by atoms with Gasteiger partial charge in [0.1, 0.15) is 0 Å². The molecule has 2 amide bonds. The first-order valence-corrected chi connectivity index (χ1v) is 6.29. The van der Waals surface area contributed by atoms with Crippen molar-refractivity contribution in [2.45, 2.75) is 52.0 Å². The van der Waals surface area contributed by atoms with E-state index in [9.17, 15) is 9.59 Å². The number of hydrogen-bond acceptors (Lipinski definition) is 3. The molecule has 0 aliphatic carbocycles. The molecule has 0 saturated carbocycles. The van der Waals surface area contributed by atoms with E-state index < -0.39 is 0 Å². The number of halogens is 1. The molecule has 108 valence electrons. The summed E-state index contributed by atoms with van der Waals surface area (Å²) in [5.74, 6) is -0.279. The number of hydrogen-bond donors (Lipinski definition) is 3. The van der Waals surface area contributed by atoms with Crippen LogP contribution >= 0.6 is 12.4 Å². The van der Waals surface area contributed by atoms with Gasteiger partial charge in [-0.15, -0.1) is 12.4 Å². The van der Waals surface area contributed by atoms with Crippen LogP contribution in [0.15, 0.2) is 0 Å². The lowest BCUT2D eigenvalue weighted by Crippen LogP contribution is -2.50. The lowest BCUT2D eigenvalue weighted by Gasteiger charge is -2.26. The fraction of sp³-hybridized carbons (Fsp3) is 0.833. The summed E-state index contributed by atoms with van der Waals surface area (Å²) in [4.78, 5) is 22.6. The third kappa shape index (κ3) is 8.31. The van der Waals surface area contributed by atoms with Crippen LogP contribution in [0.5, 0.6) is 0 Å². The highest BCUT2D eigenvalue weighted by molar-refractivity contribution is 5.85. The second kappa shape index (κ2) is 10.1. The van der Waals surface area contributed by atoms with E-state index in [2.05, 4.69) is 10.6 Å². The van der Waals surface area contributed by atoms with Crippen LogP contribution in [-0.4, -0.2) is 30.4 Å². The molecule has 0 spiro atoms. The third-order valence-corrected chi connectivity index (χ3v) is 2.97. The fourth-order valence-corrected chi connectivity index (χ4v) is 1.33. The van der Waals surface area contributed by atoms with Gasteiger partial charge >= 0.3 is 0 Å². The van der Waals surface area contributed by atoms with E-state index in [1.807, 2.05) is 20.8 Å². The van der Waals surface area contributed by atoms with Gasteiger partial charge in [0, 0.05) is 18.5 Å². The van der Waals surface area contributed by atoms with Gasteiger partial charge in [0.2, 0.25) is 11.8 Å². The van der Waals surface area contributed by atoms with E-state index in [4.69, 9.17) is 5.73 Å². The van der Waals surface area contributed by atoms with E-state index in [-0.39, 0.29) is 36.3 Å². The van der Waals surface area contributed by atoms with E-state index >= 15 is 0 Å². The molecule has 6 heteroatoms. The molecule has 0 atom stereocenters. The molecule has 0 aromatic heterocycles. The Labute approximate surface area is 116 Å². The van der Waals surface area contributed by atoms with Crippen LogP contribution in [-0.2, 0) is 9.59 Å². The summed E-state index contributed by atoms with van der Waals surface area (Å²) >= 11 is 0. The van der Waals surface area contributed by atoms with Crippen molar-refractivity contribution in [3.8, 4) is 0 Å². The van der Waals surface area contributed by atoms with Gasteiger partial charge < -0.3 is 16.4 Å². The Morgan fingerprint density at radius 2 is 1.61 bits per heavy atom. The minimum atomic E-state index is -0.344.